The van der Waals surface area contributed by atoms with Crippen LogP contribution >= 0.6 is 0 Å². The number of carbonyl (C=O) groups is 1. The number of ether oxygens (including phenoxy) is 1. The van der Waals surface area contributed by atoms with Crippen LogP contribution in [0.5, 0.6) is 0 Å². The zero-order chi connectivity index (χ0) is 28.2. The first-order valence-electron chi connectivity index (χ1n) is 12.2. The maximum Gasteiger partial charge on any atom is 0.418 e. The second kappa shape index (κ2) is 9.48. The number of piperazine rings is 1. The number of carbonyl (C=O) groups excluding carboxylic acids is 1. The number of fused-ring (bicyclic) bond motifs is 1. The third-order valence-corrected chi connectivity index (χ3v) is 8.12. The Bertz CT molecular complexity index is 1460. The monoisotopic (exact) mass is 552 g/mol. The third-order valence-electron chi connectivity index (χ3n) is 6.43. The SMILES string of the molecule is Cc1ccc(S(=O)(=O)n2cc(C(F)(F)F)c3c(N4CC(C)N(C(=O)OC(C)(C)C)CC4C)nccc32)cc1. The average Bonchev–Trinajstić information content (AvgIpc) is 3.21. The van der Waals surface area contributed by atoms with Crippen molar-refractivity contribution in [3.8, 4) is 0 Å². The van der Waals surface area contributed by atoms with E-state index in [2.05, 4.69) is 4.98 Å². The van der Waals surface area contributed by atoms with Gasteiger partial charge in [0.1, 0.15) is 11.4 Å². The molecule has 0 bridgehead atoms. The van der Waals surface area contributed by atoms with Crippen molar-refractivity contribution in [2.75, 3.05) is 18.0 Å². The second-order valence-corrected chi connectivity index (χ2v) is 12.5. The van der Waals surface area contributed by atoms with Crippen molar-refractivity contribution in [1.29, 1.82) is 0 Å². The standard InChI is InChI=1S/C26H31F3N4O4S/c1-16-7-9-19(10-8-16)38(35,36)33-15-20(26(27,28)29)22-21(33)11-12-30-23(22)31-13-18(3)32(14-17(31)2)24(34)37-25(4,5)6/h7-12,15,17-18H,13-14H2,1-6H3. The minimum absolute atomic E-state index is 0.0101. The number of rotatable bonds is 3. The van der Waals surface area contributed by atoms with Crippen molar-refractivity contribution in [2.45, 2.75) is 70.3 Å². The smallest absolute Gasteiger partial charge is 0.418 e. The molecule has 1 amide bonds. The molecule has 0 N–H and O–H groups in total. The Hall–Kier alpha value is -3.28. The summed E-state index contributed by atoms with van der Waals surface area (Å²) in [4.78, 5) is 20.1. The van der Waals surface area contributed by atoms with E-state index in [-0.39, 0.29) is 34.7 Å². The van der Waals surface area contributed by atoms with E-state index in [0.29, 0.717) is 10.2 Å². The van der Waals surface area contributed by atoms with Gasteiger partial charge in [0.15, 0.2) is 0 Å². The molecular formula is C26H31F3N4O4S. The van der Waals surface area contributed by atoms with Gasteiger partial charge in [0.05, 0.1) is 21.4 Å². The molecule has 8 nitrogen and oxygen atoms in total. The maximum atomic E-state index is 14.3. The molecule has 4 rings (SSSR count). The van der Waals surface area contributed by atoms with Crippen molar-refractivity contribution >= 4 is 32.8 Å². The predicted octanol–water partition coefficient (Wildman–Crippen LogP) is 5.43. The minimum Gasteiger partial charge on any atom is -0.444 e. The molecule has 0 spiro atoms. The second-order valence-electron chi connectivity index (χ2n) is 10.7. The molecule has 0 aliphatic carbocycles. The first-order chi connectivity index (χ1) is 17.5. The lowest BCUT2D eigenvalue weighted by molar-refractivity contribution is -0.136. The van der Waals surface area contributed by atoms with E-state index >= 15 is 0 Å². The topological polar surface area (TPSA) is 84.7 Å². The molecule has 1 aromatic carbocycles. The number of halogens is 3. The van der Waals surface area contributed by atoms with Gasteiger partial charge in [-0.1, -0.05) is 17.7 Å². The van der Waals surface area contributed by atoms with Crippen LogP contribution in [0.15, 0.2) is 47.6 Å². The van der Waals surface area contributed by atoms with Gasteiger partial charge >= 0.3 is 12.3 Å². The van der Waals surface area contributed by atoms with Crippen molar-refractivity contribution < 1.29 is 31.1 Å². The van der Waals surface area contributed by atoms with E-state index in [0.717, 1.165) is 5.56 Å². The lowest BCUT2D eigenvalue weighted by Gasteiger charge is -2.44. The fourth-order valence-electron chi connectivity index (χ4n) is 4.59. The zero-order valence-corrected chi connectivity index (χ0v) is 22.9. The van der Waals surface area contributed by atoms with E-state index in [4.69, 9.17) is 4.74 Å². The molecular weight excluding hydrogens is 521 g/mol. The van der Waals surface area contributed by atoms with Gasteiger partial charge in [-0.2, -0.15) is 13.2 Å². The molecule has 2 atom stereocenters. The first kappa shape index (κ1) is 27.7. The maximum absolute atomic E-state index is 14.3. The molecule has 3 aromatic rings. The normalized spacial score (nSPS) is 19.2. The first-order valence-corrected chi connectivity index (χ1v) is 13.6. The molecule has 3 heterocycles. The highest BCUT2D eigenvalue weighted by atomic mass is 32.2. The number of alkyl halides is 3. The molecule has 1 saturated heterocycles. The zero-order valence-electron chi connectivity index (χ0n) is 22.1. The van der Waals surface area contributed by atoms with Crippen molar-refractivity contribution in [2.24, 2.45) is 0 Å². The Morgan fingerprint density at radius 2 is 1.66 bits per heavy atom. The molecule has 206 valence electrons. The molecule has 2 aromatic heterocycles. The van der Waals surface area contributed by atoms with Crippen LogP contribution in [0.25, 0.3) is 10.9 Å². The summed E-state index contributed by atoms with van der Waals surface area (Å²) in [7, 11) is -4.33. The number of hydrogen-bond acceptors (Lipinski definition) is 6. The molecule has 2 unspecified atom stereocenters. The number of nitrogens with zero attached hydrogens (tertiary/aromatic N) is 4. The van der Waals surface area contributed by atoms with Gasteiger partial charge in [0.2, 0.25) is 0 Å². The number of benzene rings is 1. The molecule has 38 heavy (non-hydrogen) atoms. The highest BCUT2D eigenvalue weighted by molar-refractivity contribution is 7.90. The molecule has 0 saturated carbocycles. The Morgan fingerprint density at radius 1 is 1.03 bits per heavy atom. The van der Waals surface area contributed by atoms with Crippen molar-refractivity contribution in [3.63, 3.8) is 0 Å². The molecule has 12 heteroatoms. The van der Waals surface area contributed by atoms with Gasteiger partial charge in [0, 0.05) is 37.6 Å². The van der Waals surface area contributed by atoms with Crippen molar-refractivity contribution in [1.82, 2.24) is 13.9 Å². The molecule has 0 radical (unpaired) electrons. The van der Waals surface area contributed by atoms with Crippen LogP contribution in [0.3, 0.4) is 0 Å². The minimum atomic E-state index is -4.84. The molecule has 1 fully saturated rings. The van der Waals surface area contributed by atoms with Crippen LogP contribution in [0.1, 0.15) is 45.7 Å². The van der Waals surface area contributed by atoms with E-state index < -0.39 is 45.5 Å². The van der Waals surface area contributed by atoms with Gasteiger partial charge in [0.25, 0.3) is 10.0 Å². The summed E-state index contributed by atoms with van der Waals surface area (Å²) >= 11 is 0. The fourth-order valence-corrected chi connectivity index (χ4v) is 5.95. The van der Waals surface area contributed by atoms with Crippen LogP contribution in [0.4, 0.5) is 23.8 Å². The van der Waals surface area contributed by atoms with Gasteiger partial charge in [-0.25, -0.2) is 22.2 Å². The summed E-state index contributed by atoms with van der Waals surface area (Å²) in [5, 5.41) is -0.305. The average molecular weight is 553 g/mol. The van der Waals surface area contributed by atoms with Crippen LogP contribution in [-0.4, -0.2) is 59.1 Å². The number of aryl methyl sites for hydroxylation is 1. The third kappa shape index (κ3) is 5.18. The van der Waals surface area contributed by atoms with Crippen LogP contribution in [0, 0.1) is 6.92 Å². The highest BCUT2D eigenvalue weighted by Crippen LogP contribution is 2.42. The lowest BCUT2D eigenvalue weighted by Crippen LogP contribution is -2.59. The number of amides is 1. The van der Waals surface area contributed by atoms with E-state index in [1.807, 2.05) is 0 Å². The quantitative estimate of drug-likeness (QED) is 0.431. The van der Waals surface area contributed by atoms with Crippen LogP contribution in [-0.2, 0) is 20.9 Å². The van der Waals surface area contributed by atoms with Crippen molar-refractivity contribution in [3.05, 3.63) is 53.9 Å². The summed E-state index contributed by atoms with van der Waals surface area (Å²) < 4.78 is 75.9. The summed E-state index contributed by atoms with van der Waals surface area (Å²) in [6.07, 6.45) is -3.42. The number of hydrogen-bond donors (Lipinski definition) is 0. The number of anilines is 1. The summed E-state index contributed by atoms with van der Waals surface area (Å²) in [5.41, 5.74) is -1.10. The van der Waals surface area contributed by atoms with Crippen LogP contribution in [0.2, 0.25) is 0 Å². The molecule has 1 aliphatic heterocycles. The number of aromatic nitrogens is 2. The summed E-state index contributed by atoms with van der Waals surface area (Å²) in [5.74, 6) is 0.0101. The molecule has 1 aliphatic rings. The van der Waals surface area contributed by atoms with Gasteiger partial charge in [-0.15, -0.1) is 0 Å². The predicted molar refractivity (Wildman–Crippen MR) is 138 cm³/mol. The van der Waals surface area contributed by atoms with Gasteiger partial charge in [-0.3, -0.25) is 0 Å². The largest absolute Gasteiger partial charge is 0.444 e. The van der Waals surface area contributed by atoms with E-state index in [1.165, 1.54) is 24.4 Å². The number of pyridine rings is 1. The highest BCUT2D eigenvalue weighted by Gasteiger charge is 2.41. The summed E-state index contributed by atoms with van der Waals surface area (Å²) in [6, 6.07) is 6.36. The Balaban J connectivity index is 1.82. The van der Waals surface area contributed by atoms with Gasteiger partial charge < -0.3 is 14.5 Å². The van der Waals surface area contributed by atoms with E-state index in [9.17, 15) is 26.4 Å². The Morgan fingerprint density at radius 3 is 2.24 bits per heavy atom. The van der Waals surface area contributed by atoms with E-state index in [1.54, 1.807) is 63.5 Å². The van der Waals surface area contributed by atoms with Gasteiger partial charge in [-0.05, 0) is 59.7 Å². The lowest BCUT2D eigenvalue weighted by atomic mass is 10.1. The Kier molecular flexibility index (Phi) is 6.92. The fraction of sp³-hybridized carbons (Fsp3) is 0.462. The summed E-state index contributed by atoms with van der Waals surface area (Å²) in [6.45, 7) is 11.0. The Labute approximate surface area is 220 Å². The van der Waals surface area contributed by atoms with Crippen LogP contribution < -0.4 is 4.90 Å².